The Balaban J connectivity index is 1.63. The lowest BCUT2D eigenvalue weighted by atomic mass is 9.55. The maximum absolute atomic E-state index is 15.2. The van der Waals surface area contributed by atoms with E-state index in [9.17, 15) is 23.1 Å². The lowest BCUT2D eigenvalue weighted by molar-refractivity contribution is -0.338. The number of ketones is 1. The molecule has 3 nitrogen and oxygen atoms in total. The van der Waals surface area contributed by atoms with Crippen molar-refractivity contribution in [1.29, 1.82) is 0 Å². The minimum atomic E-state index is -5.98. The van der Waals surface area contributed by atoms with Gasteiger partial charge in [-0.25, -0.2) is 0 Å². The summed E-state index contributed by atoms with van der Waals surface area (Å²) in [6.07, 6.45) is -1.98. The molecule has 196 valence electrons. The van der Waals surface area contributed by atoms with Crippen LogP contribution in [0.2, 0.25) is 0 Å². The van der Waals surface area contributed by atoms with Gasteiger partial charge in [0.1, 0.15) is 0 Å². The van der Waals surface area contributed by atoms with Gasteiger partial charge in [-0.3, -0.25) is 4.79 Å². The van der Waals surface area contributed by atoms with Gasteiger partial charge in [0.25, 0.3) is 0 Å². The Morgan fingerprint density at radius 3 is 2.44 bits per heavy atom. The predicted octanol–water partition coefficient (Wildman–Crippen LogP) is 6.82. The Morgan fingerprint density at radius 2 is 1.81 bits per heavy atom. The minimum absolute atomic E-state index is 0.0236. The first-order chi connectivity index (χ1) is 16.8. The fraction of sp³-hybridized carbons (Fsp3) is 0.593. The van der Waals surface area contributed by atoms with Crippen LogP contribution in [-0.2, 0) is 9.53 Å². The number of carbonyl (C=O) groups excluding carboxylic acids is 1. The van der Waals surface area contributed by atoms with Crippen LogP contribution in [0.3, 0.4) is 0 Å². The van der Waals surface area contributed by atoms with Crippen molar-refractivity contribution in [2.45, 2.75) is 74.1 Å². The van der Waals surface area contributed by atoms with Gasteiger partial charge in [0.2, 0.25) is 0 Å². The highest BCUT2D eigenvalue weighted by Crippen LogP contribution is 2.63. The summed E-state index contributed by atoms with van der Waals surface area (Å²) in [5.41, 5.74) is -4.06. The Hall–Kier alpha value is -1.71. The van der Waals surface area contributed by atoms with Gasteiger partial charge >= 0.3 is 12.1 Å². The molecule has 1 aromatic rings. The lowest BCUT2D eigenvalue weighted by Gasteiger charge is -2.54. The average molecular weight is 529 g/mol. The first kappa shape index (κ1) is 25.9. The maximum atomic E-state index is 15.2. The van der Waals surface area contributed by atoms with E-state index in [1.165, 1.54) is 0 Å². The van der Waals surface area contributed by atoms with Gasteiger partial charge in [-0.2, -0.15) is 22.0 Å². The van der Waals surface area contributed by atoms with Crippen LogP contribution in [0.5, 0.6) is 0 Å². The monoisotopic (exact) mass is 528 g/mol. The minimum Gasteiger partial charge on any atom is -0.379 e. The summed E-state index contributed by atoms with van der Waals surface area (Å²) in [4.78, 5) is 14.6. The fourth-order valence-electron chi connectivity index (χ4n) is 6.77. The number of benzene rings is 1. The SMILES string of the molecule is CSc1ccc(C2CC3CC(=O)C4=C(C3(C)CO2)C(O)(C(F)(F)C(F)(F)F)CCC2CCC=C42)cc1. The zero-order valence-electron chi connectivity index (χ0n) is 20.1. The Morgan fingerprint density at radius 1 is 1.11 bits per heavy atom. The standard InChI is InChI=1S/C27H29F5O3S/c1-24-14-35-21(16-6-8-18(36-2)9-7-16)13-17(24)12-20(33)22-19-5-3-4-15(19)10-11-25(34,23(22)24)26(28,29)27(30,31)32/h5-9,15,17,21,34H,3-4,10-14H2,1-2H3. The van der Waals surface area contributed by atoms with Crippen molar-refractivity contribution in [2.24, 2.45) is 17.3 Å². The molecule has 1 fully saturated rings. The summed E-state index contributed by atoms with van der Waals surface area (Å²) in [6.45, 7) is 1.42. The molecule has 1 saturated heterocycles. The molecule has 1 aliphatic heterocycles. The van der Waals surface area contributed by atoms with E-state index in [4.69, 9.17) is 4.74 Å². The molecule has 1 heterocycles. The van der Waals surface area contributed by atoms with Crippen molar-refractivity contribution in [1.82, 2.24) is 0 Å². The van der Waals surface area contributed by atoms with Crippen LogP contribution in [0.15, 0.2) is 52.0 Å². The number of thioether (sulfide) groups is 1. The van der Waals surface area contributed by atoms with Crippen molar-refractivity contribution in [2.75, 3.05) is 12.9 Å². The summed E-state index contributed by atoms with van der Waals surface area (Å²) in [5, 5.41) is 11.5. The number of allylic oxidation sites excluding steroid dienone is 3. The topological polar surface area (TPSA) is 46.5 Å². The first-order valence-electron chi connectivity index (χ1n) is 12.2. The van der Waals surface area contributed by atoms with Crippen molar-refractivity contribution < 1.29 is 36.6 Å². The zero-order chi connectivity index (χ0) is 26.1. The number of alkyl halides is 5. The molecule has 4 aliphatic rings. The molecule has 5 atom stereocenters. The average Bonchev–Trinajstić information content (AvgIpc) is 3.24. The third kappa shape index (κ3) is 3.71. The van der Waals surface area contributed by atoms with Crippen molar-refractivity contribution in [3.05, 3.63) is 52.6 Å². The van der Waals surface area contributed by atoms with Gasteiger partial charge in [0.15, 0.2) is 11.4 Å². The molecule has 1 N–H and O–H groups in total. The van der Waals surface area contributed by atoms with Gasteiger partial charge in [-0.15, -0.1) is 11.8 Å². The highest BCUT2D eigenvalue weighted by atomic mass is 32.2. The number of hydrogen-bond donors (Lipinski definition) is 1. The second-order valence-electron chi connectivity index (χ2n) is 10.7. The van der Waals surface area contributed by atoms with Crippen LogP contribution in [0.4, 0.5) is 22.0 Å². The molecule has 0 saturated carbocycles. The molecular weight excluding hydrogens is 499 g/mol. The van der Waals surface area contributed by atoms with Crippen molar-refractivity contribution >= 4 is 17.5 Å². The van der Waals surface area contributed by atoms with Crippen molar-refractivity contribution in [3.63, 3.8) is 0 Å². The second kappa shape index (κ2) is 8.67. The van der Waals surface area contributed by atoms with Crippen molar-refractivity contribution in [3.8, 4) is 0 Å². The van der Waals surface area contributed by atoms with Crippen LogP contribution in [0, 0.1) is 17.3 Å². The molecule has 9 heteroatoms. The number of carbonyl (C=O) groups is 1. The van der Waals surface area contributed by atoms with Crippen LogP contribution in [-0.4, -0.2) is 41.5 Å². The molecule has 36 heavy (non-hydrogen) atoms. The highest BCUT2D eigenvalue weighted by Gasteiger charge is 2.74. The molecule has 3 aliphatic carbocycles. The lowest BCUT2D eigenvalue weighted by Crippen LogP contribution is -2.63. The molecule has 0 amide bonds. The zero-order valence-corrected chi connectivity index (χ0v) is 20.9. The van der Waals surface area contributed by atoms with E-state index in [2.05, 4.69) is 0 Å². The van der Waals surface area contributed by atoms with Gasteiger partial charge < -0.3 is 9.84 Å². The van der Waals surface area contributed by atoms with Gasteiger partial charge in [-0.1, -0.05) is 25.1 Å². The maximum Gasteiger partial charge on any atom is 0.456 e. The molecule has 0 aromatic heterocycles. The molecule has 5 rings (SSSR count). The first-order valence-corrected chi connectivity index (χ1v) is 13.5. The van der Waals surface area contributed by atoms with Gasteiger partial charge in [0.05, 0.1) is 12.7 Å². The smallest absolute Gasteiger partial charge is 0.379 e. The molecule has 0 spiro atoms. The molecule has 0 radical (unpaired) electrons. The number of rotatable bonds is 3. The van der Waals surface area contributed by atoms with E-state index in [1.54, 1.807) is 24.8 Å². The molecule has 5 unspecified atom stereocenters. The van der Waals surface area contributed by atoms with E-state index in [0.717, 1.165) is 10.5 Å². The Kier molecular flexibility index (Phi) is 6.24. The van der Waals surface area contributed by atoms with E-state index < -0.39 is 52.9 Å². The molecular formula is C27H29F5O3S. The summed E-state index contributed by atoms with van der Waals surface area (Å²) >= 11 is 1.58. The summed E-state index contributed by atoms with van der Waals surface area (Å²) in [6, 6.07) is 7.68. The number of Topliss-reactive ketones (excluding diaryl/α,β-unsaturated/α-hetero) is 1. The van der Waals surface area contributed by atoms with E-state index in [-0.39, 0.29) is 37.4 Å². The highest BCUT2D eigenvalue weighted by molar-refractivity contribution is 7.98. The van der Waals surface area contributed by atoms with E-state index in [1.807, 2.05) is 30.5 Å². The number of ether oxygens (including phenoxy) is 1. The third-order valence-electron chi connectivity index (χ3n) is 8.75. The number of halogens is 5. The third-order valence-corrected chi connectivity index (χ3v) is 9.50. The van der Waals surface area contributed by atoms with Crippen LogP contribution < -0.4 is 0 Å². The number of aliphatic hydroxyl groups is 1. The molecule has 0 bridgehead atoms. The van der Waals surface area contributed by atoms with Gasteiger partial charge in [-0.05, 0) is 79.0 Å². The quantitative estimate of drug-likeness (QED) is 0.346. The number of hydrogen-bond acceptors (Lipinski definition) is 4. The van der Waals surface area contributed by atoms with Crippen LogP contribution in [0.1, 0.15) is 57.1 Å². The van der Waals surface area contributed by atoms with E-state index in [0.29, 0.717) is 18.4 Å². The second-order valence-corrected chi connectivity index (χ2v) is 11.6. The fourth-order valence-corrected chi connectivity index (χ4v) is 7.18. The van der Waals surface area contributed by atoms with E-state index >= 15 is 8.78 Å². The Bertz CT molecular complexity index is 1130. The molecule has 1 aromatic carbocycles. The van der Waals surface area contributed by atoms with Crippen LogP contribution >= 0.6 is 11.8 Å². The summed E-state index contributed by atoms with van der Waals surface area (Å²) in [7, 11) is 0. The number of fused-ring (bicyclic) bond motifs is 4. The largest absolute Gasteiger partial charge is 0.456 e. The summed E-state index contributed by atoms with van der Waals surface area (Å²) in [5.74, 6) is -6.74. The summed E-state index contributed by atoms with van der Waals surface area (Å²) < 4.78 is 77.9. The normalized spacial score (nSPS) is 35.1. The Labute approximate surface area is 211 Å². The predicted molar refractivity (Wildman–Crippen MR) is 126 cm³/mol. The van der Waals surface area contributed by atoms with Crippen LogP contribution in [0.25, 0.3) is 0 Å². The van der Waals surface area contributed by atoms with Gasteiger partial charge in [0, 0.05) is 22.3 Å².